The highest BCUT2D eigenvalue weighted by molar-refractivity contribution is 7.89. The van der Waals surface area contributed by atoms with Gasteiger partial charge < -0.3 is 14.5 Å². The smallest absolute Gasteiger partial charge is 0.338 e. The molecule has 1 N–H and O–H groups in total. The molecule has 0 amide bonds. The molecule has 4 rings (SSSR count). The summed E-state index contributed by atoms with van der Waals surface area (Å²) in [6.45, 7) is 6.48. The van der Waals surface area contributed by atoms with Gasteiger partial charge in [-0.2, -0.15) is 4.31 Å². The highest BCUT2D eigenvalue weighted by atomic mass is 32.2. The van der Waals surface area contributed by atoms with E-state index in [9.17, 15) is 18.0 Å². The molecule has 0 bridgehead atoms. The third-order valence-corrected chi connectivity index (χ3v) is 8.24. The van der Waals surface area contributed by atoms with E-state index >= 15 is 0 Å². The zero-order valence-corrected chi connectivity index (χ0v) is 21.0. The molecule has 0 radical (unpaired) electrons. The standard InChI is InChI=1S/C26H30N2O6S/c1-4-33-26(30)19-9-11-23(12-10-19)35(31,32)28(16-22-6-5-13-34-22)15-21-14-20-8-7-17(2)18(3)24(20)27-25(21)29/h7-12,14,22H,4-6,13,15-16H2,1-3H3,(H,27,29)/t22-/m0/s1. The number of hydrogen-bond acceptors (Lipinski definition) is 6. The molecule has 1 aliphatic rings. The van der Waals surface area contributed by atoms with Crippen LogP contribution < -0.4 is 5.56 Å². The number of benzene rings is 2. The van der Waals surface area contributed by atoms with Crippen molar-refractivity contribution in [2.24, 2.45) is 0 Å². The minimum atomic E-state index is -3.98. The van der Waals surface area contributed by atoms with Crippen LogP contribution in [0.1, 0.15) is 46.8 Å². The second-order valence-electron chi connectivity index (χ2n) is 8.77. The predicted octanol–water partition coefficient (Wildman–Crippen LogP) is 3.69. The van der Waals surface area contributed by atoms with Gasteiger partial charge in [-0.15, -0.1) is 0 Å². The van der Waals surface area contributed by atoms with Crippen molar-refractivity contribution in [2.45, 2.75) is 51.2 Å². The summed E-state index contributed by atoms with van der Waals surface area (Å²) in [5.74, 6) is -0.513. The van der Waals surface area contributed by atoms with Gasteiger partial charge in [0.15, 0.2) is 0 Å². The first-order valence-electron chi connectivity index (χ1n) is 11.7. The third kappa shape index (κ3) is 5.32. The number of nitrogens with one attached hydrogen (secondary N) is 1. The quantitative estimate of drug-likeness (QED) is 0.475. The second kappa shape index (κ2) is 10.3. The minimum Gasteiger partial charge on any atom is -0.462 e. The van der Waals surface area contributed by atoms with Crippen LogP contribution in [0, 0.1) is 13.8 Å². The topological polar surface area (TPSA) is 106 Å². The Labute approximate surface area is 204 Å². The monoisotopic (exact) mass is 498 g/mol. The summed E-state index contributed by atoms with van der Waals surface area (Å²) in [5.41, 5.74) is 3.10. The number of pyridine rings is 1. The molecule has 1 aromatic heterocycles. The summed E-state index contributed by atoms with van der Waals surface area (Å²) in [7, 11) is -3.98. The maximum Gasteiger partial charge on any atom is 0.338 e. The van der Waals surface area contributed by atoms with E-state index < -0.39 is 16.0 Å². The van der Waals surface area contributed by atoms with Crippen LogP contribution in [-0.2, 0) is 26.0 Å². The Balaban J connectivity index is 1.69. The highest BCUT2D eigenvalue weighted by Gasteiger charge is 2.30. The van der Waals surface area contributed by atoms with Crippen molar-refractivity contribution in [3.63, 3.8) is 0 Å². The highest BCUT2D eigenvalue weighted by Crippen LogP contribution is 2.24. The van der Waals surface area contributed by atoms with Gasteiger partial charge in [-0.25, -0.2) is 13.2 Å². The predicted molar refractivity (Wildman–Crippen MR) is 133 cm³/mol. The lowest BCUT2D eigenvalue weighted by Gasteiger charge is -2.25. The van der Waals surface area contributed by atoms with Crippen molar-refractivity contribution >= 4 is 26.9 Å². The van der Waals surface area contributed by atoms with E-state index in [4.69, 9.17) is 9.47 Å². The van der Waals surface area contributed by atoms with Crippen molar-refractivity contribution in [1.82, 2.24) is 9.29 Å². The number of carbonyl (C=O) groups excluding carboxylic acids is 1. The van der Waals surface area contributed by atoms with Crippen LogP contribution in [0.3, 0.4) is 0 Å². The SMILES string of the molecule is CCOC(=O)c1ccc(S(=O)(=O)N(Cc2cc3ccc(C)c(C)c3[nH]c2=O)C[C@@H]2CCCO2)cc1. The van der Waals surface area contributed by atoms with Crippen LogP contribution in [-0.4, -0.2) is 49.5 Å². The number of hydrogen-bond donors (Lipinski definition) is 1. The number of sulfonamides is 1. The number of H-pyrrole nitrogens is 1. The number of aryl methyl sites for hydroxylation is 2. The van der Waals surface area contributed by atoms with E-state index in [-0.39, 0.29) is 41.8 Å². The maximum absolute atomic E-state index is 13.6. The van der Waals surface area contributed by atoms with Gasteiger partial charge in [-0.05, 0) is 80.5 Å². The molecule has 0 unspecified atom stereocenters. The Morgan fingerprint density at radius 2 is 1.91 bits per heavy atom. The molecule has 0 saturated carbocycles. The van der Waals surface area contributed by atoms with Gasteiger partial charge in [0.2, 0.25) is 10.0 Å². The van der Waals surface area contributed by atoms with Crippen molar-refractivity contribution in [3.05, 3.63) is 75.1 Å². The number of carbonyl (C=O) groups is 1. The van der Waals surface area contributed by atoms with E-state index in [0.29, 0.717) is 12.2 Å². The molecular formula is C26H30N2O6S. The zero-order chi connectivity index (χ0) is 25.2. The lowest BCUT2D eigenvalue weighted by Crippen LogP contribution is -2.38. The summed E-state index contributed by atoms with van der Waals surface area (Å²) < 4.78 is 39.3. The van der Waals surface area contributed by atoms with E-state index in [0.717, 1.165) is 34.9 Å². The Hall–Kier alpha value is -3.01. The molecule has 186 valence electrons. The fourth-order valence-corrected chi connectivity index (χ4v) is 5.72. The van der Waals surface area contributed by atoms with E-state index in [1.165, 1.54) is 28.6 Å². The van der Waals surface area contributed by atoms with Gasteiger partial charge >= 0.3 is 5.97 Å². The van der Waals surface area contributed by atoms with Gasteiger partial charge in [0.05, 0.1) is 28.7 Å². The first-order chi connectivity index (χ1) is 16.7. The van der Waals surface area contributed by atoms with Crippen LogP contribution in [0.25, 0.3) is 10.9 Å². The first-order valence-corrected chi connectivity index (χ1v) is 13.2. The van der Waals surface area contributed by atoms with Gasteiger partial charge in [-0.3, -0.25) is 4.79 Å². The van der Waals surface area contributed by atoms with Crippen LogP contribution in [0.2, 0.25) is 0 Å². The Bertz CT molecular complexity index is 1390. The van der Waals surface area contributed by atoms with Gasteiger partial charge in [-0.1, -0.05) is 12.1 Å². The van der Waals surface area contributed by atoms with Crippen LogP contribution in [0.15, 0.2) is 52.2 Å². The molecule has 1 fully saturated rings. The number of nitrogens with zero attached hydrogens (tertiary/aromatic N) is 1. The van der Waals surface area contributed by atoms with E-state index in [2.05, 4.69) is 4.98 Å². The normalized spacial score (nSPS) is 16.2. The lowest BCUT2D eigenvalue weighted by atomic mass is 10.0. The molecule has 35 heavy (non-hydrogen) atoms. The minimum absolute atomic E-state index is 0.0345. The molecule has 1 aliphatic heterocycles. The molecule has 9 heteroatoms. The Morgan fingerprint density at radius 3 is 2.57 bits per heavy atom. The number of aromatic nitrogens is 1. The number of rotatable bonds is 8. The maximum atomic E-state index is 13.6. The summed E-state index contributed by atoms with van der Waals surface area (Å²) >= 11 is 0. The van der Waals surface area contributed by atoms with Crippen LogP contribution >= 0.6 is 0 Å². The number of aromatic amines is 1. The van der Waals surface area contributed by atoms with Crippen LogP contribution in [0.4, 0.5) is 0 Å². The molecule has 3 aromatic rings. The van der Waals surface area contributed by atoms with E-state index in [1.54, 1.807) is 13.0 Å². The summed E-state index contributed by atoms with van der Waals surface area (Å²) in [6, 6.07) is 11.3. The molecule has 1 saturated heterocycles. The molecule has 1 atom stereocenters. The average Bonchev–Trinajstić information content (AvgIpc) is 3.35. The molecule has 0 aliphatic carbocycles. The van der Waals surface area contributed by atoms with Crippen LogP contribution in [0.5, 0.6) is 0 Å². The molecule has 2 heterocycles. The van der Waals surface area contributed by atoms with Crippen molar-refractivity contribution in [2.75, 3.05) is 19.8 Å². The number of esters is 1. The Kier molecular flexibility index (Phi) is 7.39. The number of ether oxygens (including phenoxy) is 2. The van der Waals surface area contributed by atoms with Gasteiger partial charge in [0, 0.05) is 25.3 Å². The van der Waals surface area contributed by atoms with Crippen molar-refractivity contribution in [3.8, 4) is 0 Å². The van der Waals surface area contributed by atoms with Gasteiger partial charge in [0.25, 0.3) is 5.56 Å². The Morgan fingerprint density at radius 1 is 1.17 bits per heavy atom. The lowest BCUT2D eigenvalue weighted by molar-refractivity contribution is 0.0526. The fourth-order valence-electron chi connectivity index (χ4n) is 4.27. The molecule has 0 spiro atoms. The number of fused-ring (bicyclic) bond motifs is 1. The van der Waals surface area contributed by atoms with Crippen molar-refractivity contribution in [1.29, 1.82) is 0 Å². The molecular weight excluding hydrogens is 468 g/mol. The zero-order valence-electron chi connectivity index (χ0n) is 20.2. The van der Waals surface area contributed by atoms with Crippen molar-refractivity contribution < 1.29 is 22.7 Å². The van der Waals surface area contributed by atoms with E-state index in [1.807, 2.05) is 26.0 Å². The summed E-state index contributed by atoms with van der Waals surface area (Å²) in [5, 5.41) is 0.843. The summed E-state index contributed by atoms with van der Waals surface area (Å²) in [6.07, 6.45) is 1.37. The first kappa shape index (κ1) is 25.1. The summed E-state index contributed by atoms with van der Waals surface area (Å²) in [4.78, 5) is 27.9. The van der Waals surface area contributed by atoms with Gasteiger partial charge in [0.1, 0.15) is 0 Å². The molecule has 2 aromatic carbocycles. The fraction of sp³-hybridized carbons (Fsp3) is 0.385. The second-order valence-corrected chi connectivity index (χ2v) is 10.7. The largest absolute Gasteiger partial charge is 0.462 e. The molecule has 8 nitrogen and oxygen atoms in total. The average molecular weight is 499 g/mol. The third-order valence-electron chi connectivity index (χ3n) is 6.41.